The van der Waals surface area contributed by atoms with Crippen LogP contribution >= 0.6 is 0 Å². The highest BCUT2D eigenvalue weighted by atomic mass is 15.2. The number of hydrogen-bond donors (Lipinski definition) is 0. The van der Waals surface area contributed by atoms with Gasteiger partial charge in [0.25, 0.3) is 6.71 Å². The molecule has 0 saturated carbocycles. The molecule has 4 aromatic carbocycles. The third-order valence-electron chi connectivity index (χ3n) is 9.14. The van der Waals surface area contributed by atoms with Gasteiger partial charge in [-0.25, -0.2) is 0 Å². The van der Waals surface area contributed by atoms with E-state index in [1.807, 2.05) is 0 Å². The van der Waals surface area contributed by atoms with Gasteiger partial charge in [-0.05, 0) is 90.8 Å². The van der Waals surface area contributed by atoms with E-state index in [1.54, 1.807) is 0 Å². The first-order valence-electron chi connectivity index (χ1n) is 14.1. The molecule has 0 aromatic heterocycles. The standard InChI is InChI=1S/C34H35BN2/c1-22-12-5-7-15-25(4)36-30-20-11-21-31-32(30)35(28-18-10-16-26(22)34(28)36)27-17-9-14-24(3)33(27)37(31)29-19-8-6-13-23(29)2/h6,8-11,13-14,16-22,25H,5,7,12,15H2,1-4H3. The fourth-order valence-electron chi connectivity index (χ4n) is 7.37. The summed E-state index contributed by atoms with van der Waals surface area (Å²) in [6.45, 7) is 9.64. The Kier molecular flexibility index (Phi) is 5.25. The largest absolute Gasteiger partial charge is 0.339 e. The third kappa shape index (κ3) is 3.26. The summed E-state index contributed by atoms with van der Waals surface area (Å²) < 4.78 is 0. The number of nitrogens with zero attached hydrogens (tertiary/aromatic N) is 2. The summed E-state index contributed by atoms with van der Waals surface area (Å²) in [4.78, 5) is 5.27. The van der Waals surface area contributed by atoms with Crippen LogP contribution in [0.2, 0.25) is 0 Å². The van der Waals surface area contributed by atoms with Crippen LogP contribution in [0.3, 0.4) is 0 Å². The number of aryl methyl sites for hydroxylation is 2. The van der Waals surface area contributed by atoms with E-state index in [0.29, 0.717) is 12.0 Å². The van der Waals surface area contributed by atoms with Crippen LogP contribution in [0.15, 0.2) is 78.9 Å². The fourth-order valence-corrected chi connectivity index (χ4v) is 7.37. The van der Waals surface area contributed by atoms with Gasteiger partial charge in [-0.2, -0.15) is 0 Å². The van der Waals surface area contributed by atoms with Crippen molar-refractivity contribution < 1.29 is 0 Å². The summed E-state index contributed by atoms with van der Waals surface area (Å²) in [5.41, 5.74) is 15.4. The summed E-state index contributed by atoms with van der Waals surface area (Å²) in [5, 5.41) is 0. The Bertz CT molecular complexity index is 1520. The van der Waals surface area contributed by atoms with Crippen LogP contribution in [0.5, 0.6) is 0 Å². The molecule has 0 radical (unpaired) electrons. The molecule has 7 rings (SSSR count). The molecule has 3 aliphatic rings. The van der Waals surface area contributed by atoms with Crippen molar-refractivity contribution in [2.75, 3.05) is 9.80 Å². The fraction of sp³-hybridized carbons (Fsp3) is 0.294. The van der Waals surface area contributed by atoms with Gasteiger partial charge >= 0.3 is 0 Å². The third-order valence-corrected chi connectivity index (χ3v) is 9.14. The Labute approximate surface area is 222 Å². The van der Waals surface area contributed by atoms with Gasteiger partial charge in [0.15, 0.2) is 0 Å². The van der Waals surface area contributed by atoms with E-state index < -0.39 is 0 Å². The van der Waals surface area contributed by atoms with E-state index in [2.05, 4.69) is 116 Å². The Morgan fingerprint density at radius 1 is 0.649 bits per heavy atom. The molecule has 0 saturated heterocycles. The van der Waals surface area contributed by atoms with Gasteiger partial charge in [-0.3, -0.25) is 0 Å². The molecule has 4 aromatic rings. The van der Waals surface area contributed by atoms with Gasteiger partial charge in [-0.1, -0.05) is 80.4 Å². The van der Waals surface area contributed by atoms with Crippen molar-refractivity contribution in [3.05, 3.63) is 95.6 Å². The SMILES string of the molecule is Cc1ccccc1N1c2cccc3c2B(c2cccc(C)c21)c1cccc2c1N3C(C)CCCCC2C. The van der Waals surface area contributed by atoms with Crippen molar-refractivity contribution >= 4 is 51.5 Å². The quantitative estimate of drug-likeness (QED) is 0.235. The van der Waals surface area contributed by atoms with Crippen LogP contribution < -0.4 is 26.2 Å². The Morgan fingerprint density at radius 3 is 2.14 bits per heavy atom. The summed E-state index contributed by atoms with van der Waals surface area (Å²) in [6.07, 6.45) is 5.10. The molecule has 3 heterocycles. The van der Waals surface area contributed by atoms with Crippen LogP contribution in [0.4, 0.5) is 28.4 Å². The lowest BCUT2D eigenvalue weighted by Crippen LogP contribution is -2.63. The van der Waals surface area contributed by atoms with Crippen LogP contribution in [0.1, 0.15) is 62.1 Å². The first-order chi connectivity index (χ1) is 18.1. The molecule has 0 fully saturated rings. The van der Waals surface area contributed by atoms with Crippen molar-refractivity contribution in [2.45, 2.75) is 65.3 Å². The molecular formula is C34H35BN2. The molecule has 3 aliphatic heterocycles. The highest BCUT2D eigenvalue weighted by Crippen LogP contribution is 2.46. The smallest absolute Gasteiger partial charge is 0.252 e. The average molecular weight is 482 g/mol. The molecule has 184 valence electrons. The summed E-state index contributed by atoms with van der Waals surface area (Å²) in [5.74, 6) is 0.566. The van der Waals surface area contributed by atoms with E-state index in [-0.39, 0.29) is 6.71 Å². The Hall–Kier alpha value is -3.46. The second-order valence-electron chi connectivity index (χ2n) is 11.5. The highest BCUT2D eigenvalue weighted by Gasteiger charge is 2.45. The lowest BCUT2D eigenvalue weighted by molar-refractivity contribution is 0.559. The van der Waals surface area contributed by atoms with Crippen molar-refractivity contribution in [1.82, 2.24) is 0 Å². The predicted octanol–water partition coefficient (Wildman–Crippen LogP) is 7.12. The van der Waals surface area contributed by atoms with E-state index in [1.165, 1.54) is 87.2 Å². The molecule has 0 N–H and O–H groups in total. The second-order valence-corrected chi connectivity index (χ2v) is 11.5. The van der Waals surface area contributed by atoms with Crippen LogP contribution in [0.25, 0.3) is 0 Å². The maximum Gasteiger partial charge on any atom is 0.252 e. The van der Waals surface area contributed by atoms with E-state index in [9.17, 15) is 0 Å². The van der Waals surface area contributed by atoms with Crippen molar-refractivity contribution in [3.8, 4) is 0 Å². The number of anilines is 5. The maximum absolute atomic E-state index is 2.72. The van der Waals surface area contributed by atoms with Gasteiger partial charge in [0.1, 0.15) is 0 Å². The minimum Gasteiger partial charge on any atom is -0.339 e. The minimum atomic E-state index is 0.243. The number of fused-ring (bicyclic) bond motifs is 4. The topological polar surface area (TPSA) is 6.48 Å². The molecule has 37 heavy (non-hydrogen) atoms. The van der Waals surface area contributed by atoms with Crippen LogP contribution in [0, 0.1) is 13.8 Å². The summed E-state index contributed by atoms with van der Waals surface area (Å²) >= 11 is 0. The van der Waals surface area contributed by atoms with Crippen molar-refractivity contribution in [3.63, 3.8) is 0 Å². The number of hydrogen-bond acceptors (Lipinski definition) is 2. The van der Waals surface area contributed by atoms with Crippen LogP contribution in [-0.2, 0) is 0 Å². The monoisotopic (exact) mass is 482 g/mol. The van der Waals surface area contributed by atoms with Gasteiger partial charge < -0.3 is 9.80 Å². The van der Waals surface area contributed by atoms with Crippen LogP contribution in [-0.4, -0.2) is 12.8 Å². The maximum atomic E-state index is 2.72. The molecule has 3 heteroatoms. The highest BCUT2D eigenvalue weighted by molar-refractivity contribution is 7.00. The molecule has 0 aliphatic carbocycles. The normalized spacial score (nSPS) is 19.8. The molecule has 2 atom stereocenters. The number of rotatable bonds is 1. The molecule has 2 nitrogen and oxygen atoms in total. The van der Waals surface area contributed by atoms with E-state index in [4.69, 9.17) is 0 Å². The van der Waals surface area contributed by atoms with Gasteiger partial charge in [0.05, 0.1) is 0 Å². The number of benzene rings is 4. The van der Waals surface area contributed by atoms with E-state index in [0.717, 1.165) is 0 Å². The first kappa shape index (κ1) is 22.7. The summed E-state index contributed by atoms with van der Waals surface area (Å²) in [6, 6.07) is 30.4. The second kappa shape index (κ2) is 8.55. The van der Waals surface area contributed by atoms with Gasteiger partial charge in [0.2, 0.25) is 0 Å². The Morgan fingerprint density at radius 2 is 1.30 bits per heavy atom. The molecule has 0 amide bonds. The first-order valence-corrected chi connectivity index (χ1v) is 14.1. The zero-order chi connectivity index (χ0) is 25.3. The molecule has 0 spiro atoms. The predicted molar refractivity (Wildman–Crippen MR) is 160 cm³/mol. The summed E-state index contributed by atoms with van der Waals surface area (Å²) in [7, 11) is 0. The zero-order valence-corrected chi connectivity index (χ0v) is 22.5. The van der Waals surface area contributed by atoms with Gasteiger partial charge in [-0.15, -0.1) is 0 Å². The van der Waals surface area contributed by atoms with Gasteiger partial charge in [0, 0.05) is 34.5 Å². The van der Waals surface area contributed by atoms with Crippen molar-refractivity contribution in [2.24, 2.45) is 0 Å². The lowest BCUT2D eigenvalue weighted by Gasteiger charge is -2.47. The molecular weight excluding hydrogens is 447 g/mol. The minimum absolute atomic E-state index is 0.243. The Balaban J connectivity index is 1.59. The van der Waals surface area contributed by atoms with Crippen molar-refractivity contribution in [1.29, 1.82) is 0 Å². The lowest BCUT2D eigenvalue weighted by atomic mass is 9.33. The molecule has 0 bridgehead atoms. The zero-order valence-electron chi connectivity index (χ0n) is 22.5. The molecule has 2 unspecified atom stereocenters. The average Bonchev–Trinajstić information content (AvgIpc) is 2.96. The van der Waals surface area contributed by atoms with E-state index >= 15 is 0 Å². The number of para-hydroxylation sites is 3.